The van der Waals surface area contributed by atoms with Crippen LogP contribution in [0.4, 0.5) is 5.69 Å². The largest absolute Gasteiger partial charge is 0.454 e. The van der Waals surface area contributed by atoms with Crippen LogP contribution in [-0.4, -0.2) is 33.5 Å². The third kappa shape index (κ3) is 4.57. The minimum absolute atomic E-state index is 0.129. The van der Waals surface area contributed by atoms with Crippen molar-refractivity contribution in [1.82, 2.24) is 10.2 Å². The molecule has 0 N–H and O–H groups in total. The number of Topliss-reactive ketones (excluding diaryl/α,β-unsaturated/α-hetero) is 1. The van der Waals surface area contributed by atoms with Gasteiger partial charge in [-0.1, -0.05) is 18.2 Å². The van der Waals surface area contributed by atoms with E-state index in [0.717, 1.165) is 5.56 Å². The number of benzene rings is 3. The predicted molar refractivity (Wildman–Crippen MR) is 113 cm³/mol. The number of non-ortho nitro benzene ring substituents is 1. The van der Waals surface area contributed by atoms with Gasteiger partial charge in [0.1, 0.15) is 0 Å². The van der Waals surface area contributed by atoms with E-state index in [1.165, 1.54) is 36.4 Å². The monoisotopic (exact) mass is 429 g/mol. The van der Waals surface area contributed by atoms with Gasteiger partial charge in [-0.2, -0.15) is 0 Å². The van der Waals surface area contributed by atoms with Crippen molar-refractivity contribution < 1.29 is 23.7 Å². The molecule has 4 rings (SSSR count). The van der Waals surface area contributed by atoms with Gasteiger partial charge in [-0.25, -0.2) is 4.79 Å². The zero-order valence-corrected chi connectivity index (χ0v) is 16.5. The molecule has 1 aromatic heterocycles. The Morgan fingerprint density at radius 2 is 1.38 bits per heavy atom. The first-order valence-electron chi connectivity index (χ1n) is 9.45. The van der Waals surface area contributed by atoms with E-state index in [2.05, 4.69) is 10.2 Å². The minimum atomic E-state index is -0.678. The lowest BCUT2D eigenvalue weighted by Gasteiger charge is -2.05. The fourth-order valence-corrected chi connectivity index (χ4v) is 2.85. The summed E-state index contributed by atoms with van der Waals surface area (Å²) in [5, 5.41) is 18.7. The van der Waals surface area contributed by atoms with E-state index < -0.39 is 23.3 Å². The summed E-state index contributed by atoms with van der Waals surface area (Å²) in [5.41, 5.74) is 1.75. The SMILES string of the molecule is O=C(COC(=O)c1ccc(-c2nnc(-c3ccccc3)o2)cc1)c1ccc([N+](=O)[O-])cc1. The molecule has 0 unspecified atom stereocenters. The van der Waals surface area contributed by atoms with Crippen LogP contribution in [-0.2, 0) is 4.74 Å². The highest BCUT2D eigenvalue weighted by molar-refractivity contribution is 5.99. The molecular formula is C23H15N3O6. The third-order valence-electron chi connectivity index (χ3n) is 4.55. The molecule has 0 fully saturated rings. The molecule has 32 heavy (non-hydrogen) atoms. The molecule has 0 amide bonds. The van der Waals surface area contributed by atoms with E-state index in [4.69, 9.17) is 9.15 Å². The quantitative estimate of drug-likeness (QED) is 0.184. The maximum atomic E-state index is 12.2. The molecular weight excluding hydrogens is 414 g/mol. The van der Waals surface area contributed by atoms with Crippen LogP contribution in [0.3, 0.4) is 0 Å². The Morgan fingerprint density at radius 1 is 0.812 bits per heavy atom. The number of ether oxygens (including phenoxy) is 1. The Labute approximate surface area is 181 Å². The average Bonchev–Trinajstić information content (AvgIpc) is 3.33. The third-order valence-corrected chi connectivity index (χ3v) is 4.55. The predicted octanol–water partition coefficient (Wildman–Crippen LogP) is 4.35. The second-order valence-electron chi connectivity index (χ2n) is 6.66. The number of carbonyl (C=O) groups excluding carboxylic acids is 2. The molecule has 158 valence electrons. The number of ketones is 1. The number of nitrogens with zero attached hydrogens (tertiary/aromatic N) is 3. The van der Waals surface area contributed by atoms with Gasteiger partial charge in [0, 0.05) is 28.8 Å². The second kappa shape index (κ2) is 9.00. The van der Waals surface area contributed by atoms with Gasteiger partial charge in [0.2, 0.25) is 11.8 Å². The fraction of sp³-hybridized carbons (Fsp3) is 0.0435. The number of hydrogen-bond acceptors (Lipinski definition) is 8. The summed E-state index contributed by atoms with van der Waals surface area (Å²) in [6.45, 7) is -0.484. The molecule has 1 heterocycles. The van der Waals surface area contributed by atoms with Crippen molar-refractivity contribution >= 4 is 17.4 Å². The van der Waals surface area contributed by atoms with Crippen LogP contribution in [0.2, 0.25) is 0 Å². The van der Waals surface area contributed by atoms with Crippen LogP contribution in [0.5, 0.6) is 0 Å². The number of carbonyl (C=O) groups is 2. The standard InChI is InChI=1S/C23H15N3O6/c27-20(15-10-12-19(13-11-15)26(29)30)14-31-23(28)18-8-6-17(7-9-18)22-25-24-21(32-22)16-4-2-1-3-5-16/h1-13H,14H2. The van der Waals surface area contributed by atoms with Crippen molar-refractivity contribution in [3.8, 4) is 22.9 Å². The number of nitro benzene ring substituents is 1. The summed E-state index contributed by atoms with van der Waals surface area (Å²) in [5.74, 6) is -0.461. The van der Waals surface area contributed by atoms with Crippen molar-refractivity contribution in [3.05, 3.63) is 100 Å². The van der Waals surface area contributed by atoms with E-state index >= 15 is 0 Å². The van der Waals surface area contributed by atoms with Crippen LogP contribution in [0.25, 0.3) is 22.9 Å². The molecule has 9 nitrogen and oxygen atoms in total. The molecule has 0 bridgehead atoms. The van der Waals surface area contributed by atoms with E-state index in [9.17, 15) is 19.7 Å². The molecule has 0 saturated carbocycles. The number of aromatic nitrogens is 2. The van der Waals surface area contributed by atoms with Crippen LogP contribution < -0.4 is 0 Å². The van der Waals surface area contributed by atoms with Crippen LogP contribution in [0.1, 0.15) is 20.7 Å². The van der Waals surface area contributed by atoms with Gasteiger partial charge in [0.05, 0.1) is 10.5 Å². The number of nitro groups is 1. The van der Waals surface area contributed by atoms with Gasteiger partial charge in [-0.05, 0) is 48.5 Å². The van der Waals surface area contributed by atoms with E-state index in [1.54, 1.807) is 12.1 Å². The molecule has 0 aliphatic rings. The maximum Gasteiger partial charge on any atom is 0.338 e. The average molecular weight is 429 g/mol. The van der Waals surface area contributed by atoms with Gasteiger partial charge in [0.25, 0.3) is 5.69 Å². The lowest BCUT2D eigenvalue weighted by molar-refractivity contribution is -0.384. The highest BCUT2D eigenvalue weighted by Crippen LogP contribution is 2.24. The molecule has 0 radical (unpaired) electrons. The molecule has 0 saturated heterocycles. The van der Waals surface area contributed by atoms with Gasteiger partial charge >= 0.3 is 5.97 Å². The topological polar surface area (TPSA) is 125 Å². The van der Waals surface area contributed by atoms with E-state index in [1.807, 2.05) is 30.3 Å². The summed E-state index contributed by atoms with van der Waals surface area (Å²) in [6, 6.07) is 20.7. The van der Waals surface area contributed by atoms with Gasteiger partial charge in [-0.3, -0.25) is 14.9 Å². The Bertz CT molecular complexity index is 1270. The van der Waals surface area contributed by atoms with Crippen LogP contribution >= 0.6 is 0 Å². The Morgan fingerprint density at radius 3 is 1.97 bits per heavy atom. The second-order valence-corrected chi connectivity index (χ2v) is 6.66. The van der Waals surface area contributed by atoms with Crippen molar-refractivity contribution in [2.45, 2.75) is 0 Å². The first-order valence-corrected chi connectivity index (χ1v) is 9.45. The van der Waals surface area contributed by atoms with Crippen LogP contribution in [0.15, 0.2) is 83.3 Å². The van der Waals surface area contributed by atoms with Crippen molar-refractivity contribution in [1.29, 1.82) is 0 Å². The lowest BCUT2D eigenvalue weighted by Crippen LogP contribution is -2.14. The zero-order valence-electron chi connectivity index (χ0n) is 16.5. The van der Waals surface area contributed by atoms with Gasteiger partial charge < -0.3 is 9.15 Å². The van der Waals surface area contributed by atoms with Crippen molar-refractivity contribution in [3.63, 3.8) is 0 Å². The summed E-state index contributed by atoms with van der Waals surface area (Å²) < 4.78 is 10.7. The summed E-state index contributed by atoms with van der Waals surface area (Å²) >= 11 is 0. The number of esters is 1. The summed E-state index contributed by atoms with van der Waals surface area (Å²) in [6.07, 6.45) is 0. The highest BCUT2D eigenvalue weighted by atomic mass is 16.6. The zero-order chi connectivity index (χ0) is 22.5. The molecule has 0 aliphatic carbocycles. The molecule has 3 aromatic carbocycles. The van der Waals surface area contributed by atoms with Gasteiger partial charge in [-0.15, -0.1) is 10.2 Å². The summed E-state index contributed by atoms with van der Waals surface area (Å²) in [4.78, 5) is 34.5. The lowest BCUT2D eigenvalue weighted by atomic mass is 10.1. The van der Waals surface area contributed by atoms with Crippen LogP contribution in [0, 0.1) is 10.1 Å². The van der Waals surface area contributed by atoms with Gasteiger partial charge in [0.15, 0.2) is 12.4 Å². The number of hydrogen-bond donors (Lipinski definition) is 0. The van der Waals surface area contributed by atoms with Crippen molar-refractivity contribution in [2.24, 2.45) is 0 Å². The first kappa shape index (κ1) is 20.6. The van der Waals surface area contributed by atoms with Crippen molar-refractivity contribution in [2.75, 3.05) is 6.61 Å². The minimum Gasteiger partial charge on any atom is -0.454 e. The molecule has 0 aliphatic heterocycles. The Balaban J connectivity index is 1.37. The fourth-order valence-electron chi connectivity index (χ4n) is 2.85. The smallest absolute Gasteiger partial charge is 0.338 e. The first-order chi connectivity index (χ1) is 15.5. The summed E-state index contributed by atoms with van der Waals surface area (Å²) in [7, 11) is 0. The highest BCUT2D eigenvalue weighted by Gasteiger charge is 2.15. The number of rotatable bonds is 7. The van der Waals surface area contributed by atoms with E-state index in [-0.39, 0.29) is 16.8 Å². The Kier molecular flexibility index (Phi) is 5.80. The molecule has 9 heteroatoms. The maximum absolute atomic E-state index is 12.2. The Hall–Kier alpha value is -4.66. The van der Waals surface area contributed by atoms with E-state index in [0.29, 0.717) is 17.3 Å². The molecule has 0 atom stereocenters. The molecule has 4 aromatic rings. The molecule has 0 spiro atoms. The normalized spacial score (nSPS) is 10.5.